The summed E-state index contributed by atoms with van der Waals surface area (Å²) >= 11 is 0. The number of aromatic nitrogens is 2. The van der Waals surface area contributed by atoms with Crippen LogP contribution in [-0.2, 0) is 0 Å². The molecule has 5 heteroatoms. The topological polar surface area (TPSA) is 52.2 Å². The van der Waals surface area contributed by atoms with Gasteiger partial charge in [-0.05, 0) is 25.6 Å². The molecule has 3 heterocycles. The first-order valence-electron chi connectivity index (χ1n) is 7.01. The molecule has 0 spiro atoms. The molecule has 1 N–H and O–H groups in total. The third-order valence-electron chi connectivity index (χ3n) is 3.93. The number of piperazine rings is 1. The van der Waals surface area contributed by atoms with Gasteiger partial charge in [0.05, 0.1) is 6.54 Å². The first-order chi connectivity index (χ1) is 9.63. The van der Waals surface area contributed by atoms with E-state index in [-0.39, 0.29) is 5.78 Å². The minimum Gasteiger partial charge on any atom is -0.345 e. The molecule has 5 nitrogen and oxygen atoms in total. The number of carbonyl (C=O) groups is 1. The molecule has 1 aliphatic rings. The molecule has 0 radical (unpaired) electrons. The summed E-state index contributed by atoms with van der Waals surface area (Å²) in [6, 6.07) is 2.02. The van der Waals surface area contributed by atoms with Gasteiger partial charge in [0.2, 0.25) is 0 Å². The number of hydrogen-bond acceptors (Lipinski definition) is 4. The van der Waals surface area contributed by atoms with Gasteiger partial charge in [-0.3, -0.25) is 9.69 Å². The van der Waals surface area contributed by atoms with Crippen molar-refractivity contribution in [2.24, 2.45) is 0 Å². The van der Waals surface area contributed by atoms with Crippen LogP contribution in [-0.4, -0.2) is 65.3 Å². The second-order valence-electron chi connectivity index (χ2n) is 5.61. The van der Waals surface area contributed by atoms with Crippen LogP contribution in [0.3, 0.4) is 0 Å². The van der Waals surface area contributed by atoms with Crippen LogP contribution in [0, 0.1) is 6.92 Å². The van der Waals surface area contributed by atoms with Gasteiger partial charge in [0.15, 0.2) is 5.78 Å². The fourth-order valence-electron chi connectivity index (χ4n) is 2.63. The molecule has 20 heavy (non-hydrogen) atoms. The number of H-pyrrole nitrogens is 1. The Morgan fingerprint density at radius 1 is 1.35 bits per heavy atom. The summed E-state index contributed by atoms with van der Waals surface area (Å²) in [6.45, 7) is 6.47. The molecule has 0 amide bonds. The van der Waals surface area contributed by atoms with E-state index in [2.05, 4.69) is 26.8 Å². The quantitative estimate of drug-likeness (QED) is 0.856. The van der Waals surface area contributed by atoms with Crippen LogP contribution in [0.5, 0.6) is 0 Å². The highest BCUT2D eigenvalue weighted by Gasteiger charge is 2.19. The molecule has 0 saturated carbocycles. The van der Waals surface area contributed by atoms with Crippen LogP contribution in [0.1, 0.15) is 15.9 Å². The Bertz CT molecular complexity index is 626. The highest BCUT2D eigenvalue weighted by Crippen LogP contribution is 2.18. The number of carbonyl (C=O) groups excluding carboxylic acids is 1. The first-order valence-corrected chi connectivity index (χ1v) is 7.01. The Balaban J connectivity index is 1.77. The van der Waals surface area contributed by atoms with Gasteiger partial charge >= 0.3 is 0 Å². The molecule has 1 aliphatic heterocycles. The van der Waals surface area contributed by atoms with Crippen molar-refractivity contribution in [3.05, 3.63) is 29.6 Å². The van der Waals surface area contributed by atoms with E-state index in [0.29, 0.717) is 6.54 Å². The molecule has 2 aromatic rings. The Morgan fingerprint density at radius 3 is 2.85 bits per heavy atom. The van der Waals surface area contributed by atoms with E-state index >= 15 is 0 Å². The fraction of sp³-hybridized carbons (Fsp3) is 0.467. The van der Waals surface area contributed by atoms with Crippen molar-refractivity contribution in [1.29, 1.82) is 0 Å². The number of ketones is 1. The summed E-state index contributed by atoms with van der Waals surface area (Å²) in [5.41, 5.74) is 2.62. The van der Waals surface area contributed by atoms with Crippen molar-refractivity contribution in [1.82, 2.24) is 19.8 Å². The maximum Gasteiger partial charge on any atom is 0.179 e. The molecule has 1 fully saturated rings. The zero-order valence-corrected chi connectivity index (χ0v) is 12.0. The lowest BCUT2D eigenvalue weighted by atomic mass is 10.1. The number of hydrogen-bond donors (Lipinski definition) is 1. The minimum absolute atomic E-state index is 0.174. The summed E-state index contributed by atoms with van der Waals surface area (Å²) in [4.78, 5) is 24.4. The monoisotopic (exact) mass is 272 g/mol. The Hall–Kier alpha value is -1.72. The van der Waals surface area contributed by atoms with Crippen molar-refractivity contribution >= 4 is 16.8 Å². The molecule has 0 unspecified atom stereocenters. The number of pyridine rings is 1. The molecule has 0 atom stereocenters. The van der Waals surface area contributed by atoms with Crippen LogP contribution in [0.2, 0.25) is 0 Å². The second kappa shape index (κ2) is 5.34. The Morgan fingerprint density at radius 2 is 2.10 bits per heavy atom. The maximum atomic E-state index is 12.5. The number of nitrogens with one attached hydrogen (secondary N) is 1. The third kappa shape index (κ3) is 2.59. The van der Waals surface area contributed by atoms with Crippen molar-refractivity contribution in [3.8, 4) is 0 Å². The van der Waals surface area contributed by atoms with E-state index in [4.69, 9.17) is 0 Å². The van der Waals surface area contributed by atoms with Crippen molar-refractivity contribution in [2.75, 3.05) is 39.8 Å². The molecule has 2 aromatic heterocycles. The molecule has 1 saturated heterocycles. The highest BCUT2D eigenvalue weighted by molar-refractivity contribution is 6.08. The zero-order chi connectivity index (χ0) is 14.1. The van der Waals surface area contributed by atoms with E-state index in [1.165, 1.54) is 0 Å². The van der Waals surface area contributed by atoms with Gasteiger partial charge in [0.25, 0.3) is 0 Å². The zero-order valence-electron chi connectivity index (χ0n) is 12.0. The Labute approximate surface area is 118 Å². The predicted octanol–water partition coefficient (Wildman–Crippen LogP) is 1.30. The van der Waals surface area contributed by atoms with Crippen LogP contribution < -0.4 is 0 Å². The average molecular weight is 272 g/mol. The SMILES string of the molecule is Cc1cnc2[nH]cc(C(=O)CN3CCN(C)CC3)c2c1. The third-order valence-corrected chi connectivity index (χ3v) is 3.93. The minimum atomic E-state index is 0.174. The van der Waals surface area contributed by atoms with Crippen LogP contribution >= 0.6 is 0 Å². The number of fused-ring (bicyclic) bond motifs is 1. The lowest BCUT2D eigenvalue weighted by Crippen LogP contribution is -2.46. The number of likely N-dealkylation sites (N-methyl/N-ethyl adjacent to an activating group) is 1. The molecule has 0 aromatic carbocycles. The van der Waals surface area contributed by atoms with Gasteiger partial charge in [-0.2, -0.15) is 0 Å². The molecule has 3 rings (SSSR count). The maximum absolute atomic E-state index is 12.5. The summed E-state index contributed by atoms with van der Waals surface area (Å²) in [5, 5.41) is 0.934. The number of aryl methyl sites for hydroxylation is 1. The molecular formula is C15H20N4O. The lowest BCUT2D eigenvalue weighted by Gasteiger charge is -2.31. The molecular weight excluding hydrogens is 252 g/mol. The first kappa shape index (κ1) is 13.3. The average Bonchev–Trinajstić information content (AvgIpc) is 2.84. The normalized spacial score (nSPS) is 17.7. The van der Waals surface area contributed by atoms with Crippen molar-refractivity contribution < 1.29 is 4.79 Å². The van der Waals surface area contributed by atoms with Crippen molar-refractivity contribution in [2.45, 2.75) is 6.92 Å². The highest BCUT2D eigenvalue weighted by atomic mass is 16.1. The van der Waals surface area contributed by atoms with Gasteiger partial charge < -0.3 is 9.88 Å². The summed E-state index contributed by atoms with van der Waals surface area (Å²) in [7, 11) is 2.12. The number of rotatable bonds is 3. The van der Waals surface area contributed by atoms with E-state index in [1.54, 1.807) is 6.20 Å². The summed E-state index contributed by atoms with van der Waals surface area (Å²) in [6.07, 6.45) is 3.60. The number of Topliss-reactive ketones (excluding diaryl/α,β-unsaturated/α-hetero) is 1. The van der Waals surface area contributed by atoms with E-state index in [0.717, 1.165) is 48.3 Å². The number of nitrogens with zero attached hydrogens (tertiary/aromatic N) is 3. The fourth-order valence-corrected chi connectivity index (χ4v) is 2.63. The van der Waals surface area contributed by atoms with Crippen LogP contribution in [0.25, 0.3) is 11.0 Å². The Kier molecular flexibility index (Phi) is 3.54. The van der Waals surface area contributed by atoms with Gasteiger partial charge in [-0.25, -0.2) is 4.98 Å². The lowest BCUT2D eigenvalue weighted by molar-refractivity contribution is 0.0878. The summed E-state index contributed by atoms with van der Waals surface area (Å²) in [5.74, 6) is 0.174. The van der Waals surface area contributed by atoms with Crippen LogP contribution in [0.4, 0.5) is 0 Å². The van der Waals surface area contributed by atoms with Gasteiger partial charge in [-0.1, -0.05) is 0 Å². The molecule has 0 bridgehead atoms. The second-order valence-corrected chi connectivity index (χ2v) is 5.61. The summed E-state index contributed by atoms with van der Waals surface area (Å²) < 4.78 is 0. The predicted molar refractivity (Wildman–Crippen MR) is 79.1 cm³/mol. The van der Waals surface area contributed by atoms with Gasteiger partial charge in [0.1, 0.15) is 5.65 Å². The van der Waals surface area contributed by atoms with Crippen LogP contribution in [0.15, 0.2) is 18.5 Å². The number of aromatic amines is 1. The van der Waals surface area contributed by atoms with Gasteiger partial charge in [0, 0.05) is 49.5 Å². The van der Waals surface area contributed by atoms with E-state index in [1.807, 2.05) is 19.2 Å². The standard InChI is InChI=1S/C15H20N4O/c1-11-7-12-13(9-17-15(12)16-8-11)14(20)10-19-5-3-18(2)4-6-19/h7-9H,3-6,10H2,1-2H3,(H,16,17). The van der Waals surface area contributed by atoms with E-state index < -0.39 is 0 Å². The largest absolute Gasteiger partial charge is 0.345 e. The smallest absolute Gasteiger partial charge is 0.179 e. The van der Waals surface area contributed by atoms with Crippen molar-refractivity contribution in [3.63, 3.8) is 0 Å². The van der Waals surface area contributed by atoms with E-state index in [9.17, 15) is 4.79 Å². The molecule has 0 aliphatic carbocycles. The van der Waals surface area contributed by atoms with Gasteiger partial charge in [-0.15, -0.1) is 0 Å². The molecule has 106 valence electrons.